The van der Waals surface area contributed by atoms with E-state index in [1.54, 1.807) is 24.3 Å². The second-order valence-electron chi connectivity index (χ2n) is 3.95. The molecule has 0 N–H and O–H groups in total. The molecule has 0 aromatic heterocycles. The first kappa shape index (κ1) is 15.1. The Bertz CT molecular complexity index is 715. The quantitative estimate of drug-likeness (QED) is 0.794. The molecule has 0 amide bonds. The van der Waals surface area contributed by atoms with Gasteiger partial charge in [-0.05, 0) is 35.9 Å². The zero-order valence-electron chi connectivity index (χ0n) is 10.0. The molecule has 0 spiro atoms. The normalized spacial score (nSPS) is 11.3. The Morgan fingerprint density at radius 3 is 2.30 bits per heavy atom. The van der Waals surface area contributed by atoms with Crippen molar-refractivity contribution in [2.45, 2.75) is 11.5 Å². The summed E-state index contributed by atoms with van der Waals surface area (Å²) in [5.74, 6) is -0.843. The third-order valence-electron chi connectivity index (χ3n) is 2.49. The minimum absolute atomic E-state index is 0.0518. The molecule has 0 fully saturated rings. The molecule has 20 heavy (non-hydrogen) atoms. The van der Waals surface area contributed by atoms with Crippen molar-refractivity contribution < 1.29 is 17.5 Å². The summed E-state index contributed by atoms with van der Waals surface area (Å²) in [6.45, 7) is 0.140. The van der Waals surface area contributed by atoms with E-state index >= 15 is 0 Å². The highest BCUT2D eigenvalue weighted by atomic mass is 35.7. The first-order chi connectivity index (χ1) is 9.36. The molecule has 0 saturated heterocycles. The van der Waals surface area contributed by atoms with Crippen LogP contribution in [0.5, 0.6) is 5.75 Å². The van der Waals surface area contributed by atoms with Gasteiger partial charge in [-0.2, -0.15) is 0 Å². The molecular weight excluding hydrogens is 326 g/mol. The van der Waals surface area contributed by atoms with E-state index < -0.39 is 14.9 Å². The highest BCUT2D eigenvalue weighted by molar-refractivity contribution is 8.13. The molecule has 2 aromatic rings. The van der Waals surface area contributed by atoms with Crippen molar-refractivity contribution in [3.8, 4) is 5.75 Å². The Balaban J connectivity index is 2.12. The van der Waals surface area contributed by atoms with Gasteiger partial charge in [0, 0.05) is 15.7 Å². The van der Waals surface area contributed by atoms with Gasteiger partial charge >= 0.3 is 0 Å². The van der Waals surface area contributed by atoms with Crippen molar-refractivity contribution >= 4 is 31.3 Å². The zero-order chi connectivity index (χ0) is 14.8. The molecule has 0 saturated carbocycles. The minimum Gasteiger partial charge on any atom is -0.486 e. The van der Waals surface area contributed by atoms with Crippen LogP contribution in [-0.4, -0.2) is 8.42 Å². The average Bonchev–Trinajstić information content (AvgIpc) is 2.38. The van der Waals surface area contributed by atoms with Crippen molar-refractivity contribution in [1.29, 1.82) is 0 Å². The molecule has 106 valence electrons. The van der Waals surface area contributed by atoms with Crippen molar-refractivity contribution in [2.75, 3.05) is 0 Å². The van der Waals surface area contributed by atoms with Crippen LogP contribution in [-0.2, 0) is 15.7 Å². The van der Waals surface area contributed by atoms with Crippen LogP contribution in [0.15, 0.2) is 47.4 Å². The third-order valence-corrected chi connectivity index (χ3v) is 4.10. The summed E-state index contributed by atoms with van der Waals surface area (Å²) in [6, 6.07) is 10.1. The first-order valence-electron chi connectivity index (χ1n) is 5.48. The largest absolute Gasteiger partial charge is 0.486 e. The molecule has 0 aliphatic rings. The predicted molar refractivity (Wildman–Crippen MR) is 75.2 cm³/mol. The lowest BCUT2D eigenvalue weighted by Gasteiger charge is -2.08. The molecule has 3 nitrogen and oxygen atoms in total. The highest BCUT2D eigenvalue weighted by Crippen LogP contribution is 2.24. The van der Waals surface area contributed by atoms with Gasteiger partial charge in [0.05, 0.1) is 4.90 Å². The van der Waals surface area contributed by atoms with E-state index in [0.717, 1.165) is 11.6 Å². The van der Waals surface area contributed by atoms with Crippen molar-refractivity contribution in [1.82, 2.24) is 0 Å². The van der Waals surface area contributed by atoms with E-state index in [0.29, 0.717) is 5.02 Å². The van der Waals surface area contributed by atoms with Gasteiger partial charge in [-0.3, -0.25) is 0 Å². The summed E-state index contributed by atoms with van der Waals surface area (Å²) in [6.07, 6.45) is 0. The fourth-order valence-corrected chi connectivity index (χ4v) is 2.38. The summed E-state index contributed by atoms with van der Waals surface area (Å²) >= 11 is 5.74. The molecule has 7 heteroatoms. The summed E-state index contributed by atoms with van der Waals surface area (Å²) in [5, 5.41) is 0.594. The number of halogens is 3. The maximum Gasteiger partial charge on any atom is 0.261 e. The monoisotopic (exact) mass is 334 g/mol. The molecule has 0 unspecified atom stereocenters. The standard InChI is InChI=1S/C13H9Cl2FO3S/c14-10-3-1-9(2-4-10)8-19-13-6-5-11(7-12(13)16)20(15,17)18/h1-7H,8H2. The fourth-order valence-electron chi connectivity index (χ4n) is 1.49. The maximum absolute atomic E-state index is 13.7. The molecule has 2 rings (SSSR count). The molecule has 0 heterocycles. The van der Waals surface area contributed by atoms with E-state index in [2.05, 4.69) is 0 Å². The smallest absolute Gasteiger partial charge is 0.261 e. The van der Waals surface area contributed by atoms with E-state index in [1.165, 1.54) is 12.1 Å². The fraction of sp³-hybridized carbons (Fsp3) is 0.0769. The van der Waals surface area contributed by atoms with Crippen LogP contribution >= 0.6 is 22.3 Å². The van der Waals surface area contributed by atoms with Crippen LogP contribution in [0.25, 0.3) is 0 Å². The summed E-state index contributed by atoms with van der Waals surface area (Å²) in [7, 11) is 1.17. The number of hydrogen-bond donors (Lipinski definition) is 0. The lowest BCUT2D eigenvalue weighted by molar-refractivity contribution is 0.290. The minimum atomic E-state index is -3.95. The summed E-state index contributed by atoms with van der Waals surface area (Å²) in [4.78, 5) is -0.310. The second-order valence-corrected chi connectivity index (χ2v) is 6.95. The average molecular weight is 335 g/mol. The summed E-state index contributed by atoms with van der Waals surface area (Å²) < 4.78 is 41.1. The van der Waals surface area contributed by atoms with Gasteiger partial charge in [-0.15, -0.1) is 0 Å². The Kier molecular flexibility index (Phi) is 4.52. The highest BCUT2D eigenvalue weighted by Gasteiger charge is 2.13. The van der Waals surface area contributed by atoms with Crippen LogP contribution in [0.1, 0.15) is 5.56 Å². The topological polar surface area (TPSA) is 43.4 Å². The zero-order valence-corrected chi connectivity index (χ0v) is 12.3. The van der Waals surface area contributed by atoms with Crippen molar-refractivity contribution in [3.63, 3.8) is 0 Å². The molecule has 0 radical (unpaired) electrons. The molecule has 0 atom stereocenters. The van der Waals surface area contributed by atoms with Crippen molar-refractivity contribution in [2.24, 2.45) is 0 Å². The Morgan fingerprint density at radius 1 is 1.10 bits per heavy atom. The third kappa shape index (κ3) is 3.85. The number of benzene rings is 2. The molecule has 0 bridgehead atoms. The predicted octanol–water partition coefficient (Wildman–Crippen LogP) is 3.99. The van der Waals surface area contributed by atoms with Gasteiger partial charge in [-0.1, -0.05) is 23.7 Å². The van der Waals surface area contributed by atoms with Crippen LogP contribution in [0, 0.1) is 5.82 Å². The number of hydrogen-bond acceptors (Lipinski definition) is 3. The lowest BCUT2D eigenvalue weighted by atomic mass is 10.2. The van der Waals surface area contributed by atoms with Crippen LogP contribution < -0.4 is 4.74 Å². The van der Waals surface area contributed by atoms with Crippen molar-refractivity contribution in [3.05, 3.63) is 58.9 Å². The second kappa shape index (κ2) is 5.99. The van der Waals surface area contributed by atoms with Crippen LogP contribution in [0.2, 0.25) is 5.02 Å². The van der Waals surface area contributed by atoms with Gasteiger partial charge in [0.1, 0.15) is 6.61 Å². The Hall–Kier alpha value is -1.30. The van der Waals surface area contributed by atoms with Gasteiger partial charge in [0.15, 0.2) is 11.6 Å². The van der Waals surface area contributed by atoms with E-state index in [-0.39, 0.29) is 17.3 Å². The molecular formula is C13H9Cl2FO3S. The van der Waals surface area contributed by atoms with Gasteiger partial charge in [0.2, 0.25) is 0 Å². The van der Waals surface area contributed by atoms with Crippen LogP contribution in [0.3, 0.4) is 0 Å². The molecule has 0 aliphatic carbocycles. The maximum atomic E-state index is 13.7. The van der Waals surface area contributed by atoms with Gasteiger partial charge < -0.3 is 4.74 Å². The summed E-state index contributed by atoms with van der Waals surface area (Å²) in [5.41, 5.74) is 0.808. The first-order valence-corrected chi connectivity index (χ1v) is 8.16. The van der Waals surface area contributed by atoms with E-state index in [9.17, 15) is 12.8 Å². The Morgan fingerprint density at radius 2 is 1.75 bits per heavy atom. The Labute approximate surface area is 125 Å². The molecule has 0 aliphatic heterocycles. The lowest BCUT2D eigenvalue weighted by Crippen LogP contribution is -1.99. The van der Waals surface area contributed by atoms with Gasteiger partial charge in [-0.25, -0.2) is 12.8 Å². The SMILES string of the molecule is O=S(=O)(Cl)c1ccc(OCc2ccc(Cl)cc2)c(F)c1. The number of rotatable bonds is 4. The van der Waals surface area contributed by atoms with Crippen LogP contribution in [0.4, 0.5) is 4.39 Å². The van der Waals surface area contributed by atoms with E-state index in [1.807, 2.05) is 0 Å². The van der Waals surface area contributed by atoms with Gasteiger partial charge in [0.25, 0.3) is 9.05 Å². The molecule has 2 aromatic carbocycles. The number of ether oxygens (including phenoxy) is 1. The van der Waals surface area contributed by atoms with E-state index in [4.69, 9.17) is 27.0 Å².